The fraction of sp³-hybridized carbons (Fsp3) is 0.267. The van der Waals surface area contributed by atoms with Crippen LogP contribution in [0.25, 0.3) is 0 Å². The molecule has 6 nitrogen and oxygen atoms in total. The van der Waals surface area contributed by atoms with Crippen LogP contribution >= 0.6 is 0 Å². The van der Waals surface area contributed by atoms with Gasteiger partial charge in [-0.25, -0.2) is 4.98 Å². The van der Waals surface area contributed by atoms with E-state index in [9.17, 15) is 4.79 Å². The van der Waals surface area contributed by atoms with Crippen molar-refractivity contribution in [3.05, 3.63) is 48.0 Å². The molecular weight excluding hydrogens is 270 g/mol. The van der Waals surface area contributed by atoms with Gasteiger partial charge in [0.15, 0.2) is 0 Å². The zero-order valence-corrected chi connectivity index (χ0v) is 12.2. The zero-order valence-electron chi connectivity index (χ0n) is 12.2. The Kier molecular flexibility index (Phi) is 4.71. The summed E-state index contributed by atoms with van der Waals surface area (Å²) in [5.41, 5.74) is 1.20. The maximum Gasteiger partial charge on any atom is 0.274 e. The highest BCUT2D eigenvalue weighted by Crippen LogP contribution is 2.25. The summed E-state index contributed by atoms with van der Waals surface area (Å²) in [7, 11) is 4.89. The lowest BCUT2D eigenvalue weighted by Crippen LogP contribution is -2.27. The third-order valence-corrected chi connectivity index (χ3v) is 3.03. The van der Waals surface area contributed by atoms with Crippen molar-refractivity contribution in [3.63, 3.8) is 0 Å². The molecule has 0 aliphatic carbocycles. The molecule has 0 radical (unpaired) electrons. The third kappa shape index (κ3) is 3.47. The number of methoxy groups -OCH3 is 2. The average Bonchev–Trinajstić information content (AvgIpc) is 2.55. The lowest BCUT2D eigenvalue weighted by Gasteiger charge is -2.18. The second-order valence-corrected chi connectivity index (χ2v) is 4.43. The molecule has 6 heteroatoms. The van der Waals surface area contributed by atoms with E-state index in [1.54, 1.807) is 32.2 Å². The monoisotopic (exact) mass is 287 g/mol. The van der Waals surface area contributed by atoms with Crippen molar-refractivity contribution >= 4 is 5.91 Å². The molecule has 0 unspecified atom stereocenters. The topological polar surface area (TPSA) is 64.5 Å². The maximum absolute atomic E-state index is 12.2. The Bertz CT molecular complexity index is 617. The van der Waals surface area contributed by atoms with Crippen LogP contribution in [0.2, 0.25) is 0 Å². The van der Waals surface area contributed by atoms with Crippen molar-refractivity contribution in [2.45, 2.75) is 6.54 Å². The first-order valence-corrected chi connectivity index (χ1v) is 6.38. The molecule has 21 heavy (non-hydrogen) atoms. The predicted octanol–water partition coefficient (Wildman–Crippen LogP) is 1.77. The molecule has 0 atom stereocenters. The summed E-state index contributed by atoms with van der Waals surface area (Å²) in [6.07, 6.45) is 4.47. The van der Waals surface area contributed by atoms with E-state index in [1.165, 1.54) is 18.6 Å². The minimum Gasteiger partial charge on any atom is -0.497 e. The molecule has 0 fully saturated rings. The zero-order chi connectivity index (χ0) is 15.2. The lowest BCUT2D eigenvalue weighted by molar-refractivity contribution is 0.0778. The normalized spacial score (nSPS) is 10.0. The van der Waals surface area contributed by atoms with Gasteiger partial charge >= 0.3 is 0 Å². The number of nitrogens with zero attached hydrogens (tertiary/aromatic N) is 3. The second-order valence-electron chi connectivity index (χ2n) is 4.43. The molecule has 0 saturated carbocycles. The number of hydrogen-bond acceptors (Lipinski definition) is 5. The molecule has 1 heterocycles. The standard InChI is InChI=1S/C15H17N3O3/c1-18(15(19)13-9-16-6-7-17-13)10-11-4-5-12(20-2)8-14(11)21-3/h4-9H,10H2,1-3H3. The number of ether oxygens (including phenoxy) is 2. The number of aromatic nitrogens is 2. The van der Waals surface area contributed by atoms with Gasteiger partial charge in [0.1, 0.15) is 17.2 Å². The first-order chi connectivity index (χ1) is 10.2. The average molecular weight is 287 g/mol. The van der Waals surface area contributed by atoms with Gasteiger partial charge in [0, 0.05) is 37.6 Å². The molecule has 0 bridgehead atoms. The molecule has 2 aromatic rings. The molecule has 0 saturated heterocycles. The summed E-state index contributed by atoms with van der Waals surface area (Å²) >= 11 is 0. The third-order valence-electron chi connectivity index (χ3n) is 3.03. The smallest absolute Gasteiger partial charge is 0.274 e. The Morgan fingerprint density at radius 3 is 2.67 bits per heavy atom. The fourth-order valence-corrected chi connectivity index (χ4v) is 1.91. The number of rotatable bonds is 5. The van der Waals surface area contributed by atoms with E-state index in [1.807, 2.05) is 12.1 Å². The minimum atomic E-state index is -0.194. The van der Waals surface area contributed by atoms with Crippen LogP contribution in [0.15, 0.2) is 36.8 Å². The van der Waals surface area contributed by atoms with Crippen molar-refractivity contribution in [1.82, 2.24) is 14.9 Å². The van der Waals surface area contributed by atoms with Crippen LogP contribution in [0.4, 0.5) is 0 Å². The van der Waals surface area contributed by atoms with Crippen molar-refractivity contribution in [3.8, 4) is 11.5 Å². The van der Waals surface area contributed by atoms with E-state index in [2.05, 4.69) is 9.97 Å². The van der Waals surface area contributed by atoms with Crippen molar-refractivity contribution < 1.29 is 14.3 Å². The Morgan fingerprint density at radius 1 is 1.24 bits per heavy atom. The fourth-order valence-electron chi connectivity index (χ4n) is 1.91. The van der Waals surface area contributed by atoms with Crippen molar-refractivity contribution in [2.24, 2.45) is 0 Å². The second kappa shape index (κ2) is 6.69. The van der Waals surface area contributed by atoms with E-state index >= 15 is 0 Å². The highest BCUT2D eigenvalue weighted by molar-refractivity contribution is 5.91. The van der Waals surface area contributed by atoms with Gasteiger partial charge < -0.3 is 14.4 Å². The van der Waals surface area contributed by atoms with Crippen LogP contribution in [-0.2, 0) is 6.54 Å². The molecular formula is C15H17N3O3. The molecule has 110 valence electrons. The summed E-state index contributed by atoms with van der Waals surface area (Å²) in [5.74, 6) is 1.19. The highest BCUT2D eigenvalue weighted by atomic mass is 16.5. The van der Waals surface area contributed by atoms with Gasteiger partial charge in [0.25, 0.3) is 5.91 Å². The summed E-state index contributed by atoms with van der Waals surface area (Å²) in [4.78, 5) is 21.7. The Balaban J connectivity index is 2.16. The number of amides is 1. The first-order valence-electron chi connectivity index (χ1n) is 6.38. The maximum atomic E-state index is 12.2. The van der Waals surface area contributed by atoms with Gasteiger partial charge in [-0.2, -0.15) is 0 Å². The van der Waals surface area contributed by atoms with Crippen LogP contribution in [0.1, 0.15) is 16.1 Å². The minimum absolute atomic E-state index is 0.194. The van der Waals surface area contributed by atoms with Crippen LogP contribution in [0, 0.1) is 0 Å². The first kappa shape index (κ1) is 14.8. The quantitative estimate of drug-likeness (QED) is 0.838. The van der Waals surface area contributed by atoms with Gasteiger partial charge in [0.05, 0.1) is 20.4 Å². The number of carbonyl (C=O) groups excluding carboxylic acids is 1. The molecule has 0 aliphatic heterocycles. The largest absolute Gasteiger partial charge is 0.497 e. The van der Waals surface area contributed by atoms with Crippen LogP contribution < -0.4 is 9.47 Å². The molecule has 0 spiro atoms. The predicted molar refractivity (Wildman–Crippen MR) is 77.4 cm³/mol. The van der Waals surface area contributed by atoms with Gasteiger partial charge in [-0.15, -0.1) is 0 Å². The summed E-state index contributed by atoms with van der Waals surface area (Å²) in [6.45, 7) is 0.405. The Hall–Kier alpha value is -2.63. The van der Waals surface area contributed by atoms with Crippen molar-refractivity contribution in [1.29, 1.82) is 0 Å². The van der Waals surface area contributed by atoms with E-state index in [0.29, 0.717) is 23.7 Å². The molecule has 2 rings (SSSR count). The van der Waals surface area contributed by atoms with Crippen molar-refractivity contribution in [2.75, 3.05) is 21.3 Å². The molecule has 1 aromatic carbocycles. The number of benzene rings is 1. The summed E-state index contributed by atoms with van der Waals surface area (Å²) in [5, 5.41) is 0. The van der Waals surface area contributed by atoms with Crippen LogP contribution in [-0.4, -0.2) is 42.0 Å². The number of carbonyl (C=O) groups is 1. The SMILES string of the molecule is COc1ccc(CN(C)C(=O)c2cnccn2)c(OC)c1. The van der Waals surface area contributed by atoms with E-state index in [0.717, 1.165) is 5.56 Å². The van der Waals surface area contributed by atoms with Crippen LogP contribution in [0.3, 0.4) is 0 Å². The lowest BCUT2D eigenvalue weighted by atomic mass is 10.1. The number of hydrogen-bond donors (Lipinski definition) is 0. The molecule has 1 aromatic heterocycles. The van der Waals surface area contributed by atoms with E-state index < -0.39 is 0 Å². The summed E-state index contributed by atoms with van der Waals surface area (Å²) < 4.78 is 10.5. The Morgan fingerprint density at radius 2 is 2.05 bits per heavy atom. The van der Waals surface area contributed by atoms with E-state index in [-0.39, 0.29) is 5.91 Å². The van der Waals surface area contributed by atoms with Gasteiger partial charge in [0.2, 0.25) is 0 Å². The van der Waals surface area contributed by atoms with E-state index in [4.69, 9.17) is 9.47 Å². The Labute approximate surface area is 123 Å². The van der Waals surface area contributed by atoms with Gasteiger partial charge in [-0.05, 0) is 12.1 Å². The van der Waals surface area contributed by atoms with Gasteiger partial charge in [-0.1, -0.05) is 0 Å². The molecule has 0 aliphatic rings. The van der Waals surface area contributed by atoms with Gasteiger partial charge in [-0.3, -0.25) is 9.78 Å². The molecule has 1 amide bonds. The van der Waals surface area contributed by atoms with Crippen LogP contribution in [0.5, 0.6) is 11.5 Å². The summed E-state index contributed by atoms with van der Waals surface area (Å²) in [6, 6.07) is 5.49. The highest BCUT2D eigenvalue weighted by Gasteiger charge is 2.15. The molecule has 0 N–H and O–H groups in total.